The minimum atomic E-state index is -0.704. The van der Waals surface area contributed by atoms with Gasteiger partial charge in [0, 0.05) is 19.2 Å². The zero-order valence-electron chi connectivity index (χ0n) is 15.0. The maximum Gasteiger partial charge on any atom is 0.270 e. The Hall–Kier alpha value is -2.78. The third-order valence-electron chi connectivity index (χ3n) is 4.01. The van der Waals surface area contributed by atoms with Gasteiger partial charge in [-0.2, -0.15) is 5.10 Å². The summed E-state index contributed by atoms with van der Waals surface area (Å²) >= 11 is 0. The lowest BCUT2D eigenvalue weighted by atomic mass is 10.2. The number of hydrogen-bond donors (Lipinski definition) is 1. The molecule has 10 heteroatoms. The number of amides is 1. The van der Waals surface area contributed by atoms with Crippen LogP contribution >= 0.6 is 12.4 Å². The van der Waals surface area contributed by atoms with Crippen LogP contribution in [0.15, 0.2) is 35.3 Å². The number of nitrogens with zero attached hydrogens (tertiary/aromatic N) is 3. The molecule has 27 heavy (non-hydrogen) atoms. The van der Waals surface area contributed by atoms with Gasteiger partial charge in [0.05, 0.1) is 25.5 Å². The van der Waals surface area contributed by atoms with Crippen LogP contribution in [0.4, 0.5) is 5.69 Å². The maximum atomic E-state index is 12.1. The van der Waals surface area contributed by atoms with E-state index in [2.05, 4.69) is 5.10 Å². The molecule has 0 aliphatic carbocycles. The number of rotatable bonds is 5. The van der Waals surface area contributed by atoms with Gasteiger partial charge in [-0.25, -0.2) is 4.68 Å². The molecule has 146 valence electrons. The molecular weight excluding hydrogens is 376 g/mol. The first-order chi connectivity index (χ1) is 12.5. The number of methoxy groups -OCH3 is 1. The molecule has 0 radical (unpaired) electrons. The summed E-state index contributed by atoms with van der Waals surface area (Å²) in [5, 5.41) is 4.01. The van der Waals surface area contributed by atoms with Crippen molar-refractivity contribution in [1.29, 1.82) is 0 Å². The molecule has 1 atom stereocenters. The van der Waals surface area contributed by atoms with Gasteiger partial charge < -0.3 is 24.8 Å². The lowest BCUT2D eigenvalue weighted by Crippen LogP contribution is -2.43. The summed E-state index contributed by atoms with van der Waals surface area (Å²) in [5.74, 6) is 1.29. The van der Waals surface area contributed by atoms with Gasteiger partial charge in [0.25, 0.3) is 5.56 Å². The number of halogens is 1. The van der Waals surface area contributed by atoms with E-state index in [0.717, 1.165) is 0 Å². The number of carbonyl (C=O) groups excluding carboxylic acids is 1. The molecule has 1 amide bonds. The van der Waals surface area contributed by atoms with E-state index in [-0.39, 0.29) is 43.6 Å². The number of hydrogen-bond acceptors (Lipinski definition) is 7. The van der Waals surface area contributed by atoms with Crippen molar-refractivity contribution in [2.75, 3.05) is 32.3 Å². The summed E-state index contributed by atoms with van der Waals surface area (Å²) < 4.78 is 17.5. The molecule has 0 saturated carbocycles. The van der Waals surface area contributed by atoms with Gasteiger partial charge in [-0.05, 0) is 12.1 Å². The number of ether oxygens (including phenoxy) is 3. The van der Waals surface area contributed by atoms with E-state index in [9.17, 15) is 9.59 Å². The van der Waals surface area contributed by atoms with Crippen LogP contribution in [-0.4, -0.2) is 49.1 Å². The standard InChI is InChI=1S/C17H20N4O5.ClH/c1-20-14-7-11(3-4-15(14)26-10-13(18)17(20)23)25-6-5-21-16(22)8-12(24-2)9-19-21;/h3-4,7-9,13H,5-6,10,18H2,1-2H3;1H/t13-;/m0./s1. The summed E-state index contributed by atoms with van der Waals surface area (Å²) in [6.07, 6.45) is 1.46. The second-order valence-corrected chi connectivity index (χ2v) is 5.75. The Kier molecular flexibility index (Phi) is 6.65. The molecular formula is C17H21ClN4O5. The number of anilines is 1. The molecule has 0 saturated heterocycles. The van der Waals surface area contributed by atoms with Crippen LogP contribution in [0, 0.1) is 0 Å². The summed E-state index contributed by atoms with van der Waals surface area (Å²) in [7, 11) is 3.11. The fraction of sp³-hybridized carbons (Fsp3) is 0.353. The van der Waals surface area contributed by atoms with Crippen LogP contribution in [0.25, 0.3) is 0 Å². The minimum Gasteiger partial charge on any atom is -0.495 e. The van der Waals surface area contributed by atoms with Gasteiger partial charge >= 0.3 is 0 Å². The molecule has 9 nitrogen and oxygen atoms in total. The number of fused-ring (bicyclic) bond motifs is 1. The molecule has 2 heterocycles. The number of benzene rings is 1. The van der Waals surface area contributed by atoms with Crippen molar-refractivity contribution < 1.29 is 19.0 Å². The van der Waals surface area contributed by atoms with E-state index < -0.39 is 6.04 Å². The van der Waals surface area contributed by atoms with Gasteiger partial charge in [-0.15, -0.1) is 12.4 Å². The zero-order valence-corrected chi connectivity index (χ0v) is 15.8. The largest absolute Gasteiger partial charge is 0.495 e. The van der Waals surface area contributed by atoms with E-state index in [1.165, 1.54) is 29.0 Å². The van der Waals surface area contributed by atoms with Crippen LogP contribution in [0.1, 0.15) is 0 Å². The molecule has 1 aromatic heterocycles. The molecule has 0 bridgehead atoms. The quantitative estimate of drug-likeness (QED) is 0.780. The molecule has 1 aromatic carbocycles. The van der Waals surface area contributed by atoms with Crippen molar-refractivity contribution in [3.05, 3.63) is 40.8 Å². The first kappa shape index (κ1) is 20.5. The van der Waals surface area contributed by atoms with E-state index >= 15 is 0 Å². The highest BCUT2D eigenvalue weighted by atomic mass is 35.5. The predicted octanol–water partition coefficient (Wildman–Crippen LogP) is 0.435. The topological polar surface area (TPSA) is 109 Å². The average Bonchev–Trinajstić information content (AvgIpc) is 2.75. The van der Waals surface area contributed by atoms with Gasteiger partial charge in [0.15, 0.2) is 0 Å². The smallest absolute Gasteiger partial charge is 0.270 e. The van der Waals surface area contributed by atoms with Crippen molar-refractivity contribution in [2.45, 2.75) is 12.6 Å². The van der Waals surface area contributed by atoms with Crippen molar-refractivity contribution in [1.82, 2.24) is 9.78 Å². The predicted molar refractivity (Wildman–Crippen MR) is 101 cm³/mol. The van der Waals surface area contributed by atoms with Gasteiger partial charge in [-0.1, -0.05) is 0 Å². The third kappa shape index (κ3) is 4.50. The fourth-order valence-electron chi connectivity index (χ4n) is 2.54. The number of likely N-dealkylation sites (N-methyl/N-ethyl adjacent to an activating group) is 1. The van der Waals surface area contributed by atoms with Gasteiger partial charge in [-0.3, -0.25) is 9.59 Å². The highest BCUT2D eigenvalue weighted by Gasteiger charge is 2.26. The highest BCUT2D eigenvalue weighted by Crippen LogP contribution is 2.33. The normalized spacial score (nSPS) is 15.9. The first-order valence-electron chi connectivity index (χ1n) is 8.03. The summed E-state index contributed by atoms with van der Waals surface area (Å²) in [6, 6.07) is 5.82. The SMILES string of the molecule is COc1cnn(CCOc2ccc3c(c2)N(C)C(=O)[C@@H](N)CO3)c(=O)c1.Cl. The van der Waals surface area contributed by atoms with Crippen LogP contribution in [0.3, 0.4) is 0 Å². The Morgan fingerprint density at radius 3 is 2.78 bits per heavy atom. The van der Waals surface area contributed by atoms with E-state index in [1.54, 1.807) is 25.2 Å². The zero-order chi connectivity index (χ0) is 18.7. The van der Waals surface area contributed by atoms with E-state index in [0.29, 0.717) is 22.9 Å². The molecule has 1 aliphatic heterocycles. The molecule has 0 fully saturated rings. The Morgan fingerprint density at radius 2 is 2.07 bits per heavy atom. The second kappa shape index (κ2) is 8.74. The summed E-state index contributed by atoms with van der Waals surface area (Å²) in [6.45, 7) is 0.633. The monoisotopic (exact) mass is 396 g/mol. The maximum absolute atomic E-state index is 12.1. The Morgan fingerprint density at radius 1 is 1.30 bits per heavy atom. The fourth-order valence-corrected chi connectivity index (χ4v) is 2.54. The Labute approximate surface area is 162 Å². The molecule has 3 rings (SSSR count). The number of nitrogens with two attached hydrogens (primary N) is 1. The number of aromatic nitrogens is 2. The Bertz CT molecular complexity index is 873. The molecule has 0 unspecified atom stereocenters. The summed E-state index contributed by atoms with van der Waals surface area (Å²) in [4.78, 5) is 25.5. The summed E-state index contributed by atoms with van der Waals surface area (Å²) in [5.41, 5.74) is 6.08. The molecule has 2 aromatic rings. The van der Waals surface area contributed by atoms with E-state index in [1.807, 2.05) is 0 Å². The van der Waals surface area contributed by atoms with Gasteiger partial charge in [0.1, 0.15) is 36.5 Å². The number of carbonyl (C=O) groups is 1. The van der Waals surface area contributed by atoms with Crippen molar-refractivity contribution in [2.24, 2.45) is 5.73 Å². The molecule has 2 N–H and O–H groups in total. The Balaban J connectivity index is 0.00000261. The van der Waals surface area contributed by atoms with Crippen molar-refractivity contribution in [3.8, 4) is 17.2 Å². The molecule has 0 spiro atoms. The van der Waals surface area contributed by atoms with Gasteiger partial charge in [0.2, 0.25) is 5.91 Å². The first-order valence-corrected chi connectivity index (χ1v) is 8.03. The molecule has 1 aliphatic rings. The minimum absolute atomic E-state index is 0. The van der Waals surface area contributed by atoms with Crippen molar-refractivity contribution in [3.63, 3.8) is 0 Å². The van der Waals surface area contributed by atoms with Crippen LogP contribution in [-0.2, 0) is 11.3 Å². The van der Waals surface area contributed by atoms with E-state index in [4.69, 9.17) is 19.9 Å². The van der Waals surface area contributed by atoms with Crippen LogP contribution in [0.5, 0.6) is 17.2 Å². The average molecular weight is 397 g/mol. The second-order valence-electron chi connectivity index (χ2n) is 5.75. The van der Waals surface area contributed by atoms with Crippen LogP contribution in [0.2, 0.25) is 0 Å². The lowest BCUT2D eigenvalue weighted by molar-refractivity contribution is -0.119. The third-order valence-corrected chi connectivity index (χ3v) is 4.01. The van der Waals surface area contributed by atoms with Crippen LogP contribution < -0.4 is 30.4 Å². The van der Waals surface area contributed by atoms with Crippen molar-refractivity contribution >= 4 is 24.0 Å². The lowest BCUT2D eigenvalue weighted by Gasteiger charge is -2.18. The highest BCUT2D eigenvalue weighted by molar-refractivity contribution is 5.98.